The number of carbonyl (C=O) groups excluding carboxylic acids is 2. The third-order valence-corrected chi connectivity index (χ3v) is 13.2. The molecule has 0 aromatic rings. The molecule has 1 fully saturated rings. The number of rotatable bonds is 42. The lowest BCUT2D eigenvalue weighted by Gasteiger charge is -2.44. The van der Waals surface area contributed by atoms with Gasteiger partial charge in [-0.05, 0) is 51.4 Å². The van der Waals surface area contributed by atoms with E-state index in [1.54, 1.807) is 0 Å². The third kappa shape index (κ3) is 35.0. The molecule has 8 atom stereocenters. The van der Waals surface area contributed by atoms with Gasteiger partial charge in [-0.3, -0.25) is 27.7 Å². The third-order valence-electron chi connectivity index (χ3n) is 11.1. The number of carbonyl (C=O) groups is 2. The van der Waals surface area contributed by atoms with Gasteiger partial charge in [-0.15, -0.1) is 0 Å². The molecule has 8 N–H and O–H groups in total. The Kier molecular flexibility index (Phi) is 36.5. The Labute approximate surface area is 410 Å². The maximum Gasteiger partial charge on any atom is 0.472 e. The van der Waals surface area contributed by atoms with Crippen molar-refractivity contribution in [2.45, 2.75) is 224 Å². The zero-order chi connectivity index (χ0) is 51.4. The second-order valence-corrected chi connectivity index (χ2v) is 21.2. The molecule has 22 heteroatoms. The van der Waals surface area contributed by atoms with Gasteiger partial charge in [0.15, 0.2) is 6.10 Å². The highest BCUT2D eigenvalue weighted by Gasteiger charge is 2.56. The van der Waals surface area contributed by atoms with Crippen molar-refractivity contribution in [1.82, 2.24) is 0 Å². The minimum atomic E-state index is -5.56. The molecular weight excluding hydrogens is 961 g/mol. The summed E-state index contributed by atoms with van der Waals surface area (Å²) >= 11 is 0. The van der Waals surface area contributed by atoms with Crippen molar-refractivity contribution < 1.29 is 90.6 Å². The van der Waals surface area contributed by atoms with Gasteiger partial charge in [0.25, 0.3) is 0 Å². The average Bonchev–Trinajstić information content (AvgIpc) is 3.28. The predicted molar refractivity (Wildman–Crippen MR) is 261 cm³/mol. The van der Waals surface area contributed by atoms with Crippen LogP contribution in [0.4, 0.5) is 0 Å². The van der Waals surface area contributed by atoms with E-state index in [0.29, 0.717) is 25.7 Å². The van der Waals surface area contributed by atoms with Gasteiger partial charge in [-0.25, -0.2) is 13.7 Å². The molecule has 0 bridgehead atoms. The Bertz CT molecular complexity index is 1590. The highest BCUT2D eigenvalue weighted by Crippen LogP contribution is 2.51. The van der Waals surface area contributed by atoms with Gasteiger partial charge >= 0.3 is 35.4 Å². The first-order valence-corrected chi connectivity index (χ1v) is 29.5. The van der Waals surface area contributed by atoms with Crippen LogP contribution in [0.2, 0.25) is 0 Å². The molecule has 402 valence electrons. The number of esters is 2. The summed E-state index contributed by atoms with van der Waals surface area (Å²) in [6.45, 7) is 2.86. The van der Waals surface area contributed by atoms with Crippen LogP contribution < -0.4 is 0 Å². The quantitative estimate of drug-likeness (QED) is 0.0122. The summed E-state index contributed by atoms with van der Waals surface area (Å²) in [7, 11) is -16.6. The van der Waals surface area contributed by atoms with E-state index < -0.39 is 91.3 Å². The monoisotopic (exact) mass is 1050 g/mol. The number of hydrogen-bond donors (Lipinski definition) is 8. The predicted octanol–water partition coefficient (Wildman–Crippen LogP) is 9.40. The number of unbranched alkanes of at least 4 members (excludes halogenated alkanes) is 18. The molecule has 1 saturated carbocycles. The van der Waals surface area contributed by atoms with Crippen LogP contribution in [0.25, 0.3) is 0 Å². The maximum absolute atomic E-state index is 13.2. The molecule has 0 saturated heterocycles. The van der Waals surface area contributed by atoms with E-state index in [1.807, 2.05) is 18.2 Å². The van der Waals surface area contributed by atoms with Gasteiger partial charge in [-0.1, -0.05) is 165 Å². The van der Waals surface area contributed by atoms with Crippen LogP contribution in [0.1, 0.15) is 181 Å². The van der Waals surface area contributed by atoms with Gasteiger partial charge in [0.2, 0.25) is 0 Å². The molecule has 0 spiro atoms. The fourth-order valence-electron chi connectivity index (χ4n) is 7.40. The van der Waals surface area contributed by atoms with Gasteiger partial charge in [0, 0.05) is 12.8 Å². The summed E-state index contributed by atoms with van der Waals surface area (Å²) in [6, 6.07) is 0. The maximum atomic E-state index is 13.2. The first-order valence-electron chi connectivity index (χ1n) is 24.9. The van der Waals surface area contributed by atoms with Crippen molar-refractivity contribution in [3.8, 4) is 0 Å². The molecule has 1 aliphatic carbocycles. The summed E-state index contributed by atoms with van der Waals surface area (Å²) in [4.78, 5) is 73.3. The van der Waals surface area contributed by atoms with Gasteiger partial charge in [0.1, 0.15) is 43.2 Å². The normalized spacial score (nSPS) is 21.7. The standard InChI is InChI=1S/C47H85O19P3/c1-3-5-7-9-11-13-15-17-19-20-22-24-26-28-30-32-34-36-41(49)63-39(37-61-40(48)35-33-31-29-27-25-23-21-18-16-14-12-10-8-6-4-2)38-62-69(59,60)66-47-43(51)45(64-67(53,54)55)42(50)46(44(47)52)65-68(56,57)58/h11,13,17,19,22,24,28,30,39,42-47,50-52H,3-10,12,14-16,18,20-21,23,25-27,29,31-38H2,1-2H3,(H,59,60)(H2,53,54,55)(H2,56,57,58)/b13-11-,19-17-,24-22-,30-28-/t39-,42?,43-,44-,45-,46+,47?/m1/s1. The van der Waals surface area contributed by atoms with Crippen molar-refractivity contribution >= 4 is 35.4 Å². The summed E-state index contributed by atoms with van der Waals surface area (Å²) in [6.07, 6.45) is 25.5. The van der Waals surface area contributed by atoms with Crippen LogP contribution in [0, 0.1) is 0 Å². The van der Waals surface area contributed by atoms with Crippen molar-refractivity contribution in [3.05, 3.63) is 48.6 Å². The summed E-state index contributed by atoms with van der Waals surface area (Å²) in [5.74, 6) is -1.37. The molecule has 1 aliphatic rings. The molecule has 0 radical (unpaired) electrons. The lowest BCUT2D eigenvalue weighted by molar-refractivity contribution is -0.213. The van der Waals surface area contributed by atoms with E-state index in [0.717, 1.165) is 44.9 Å². The zero-order valence-corrected chi connectivity index (χ0v) is 43.6. The molecule has 0 aliphatic heterocycles. The molecule has 0 heterocycles. The molecule has 0 amide bonds. The Hall–Kier alpha value is -1.89. The van der Waals surface area contributed by atoms with E-state index in [4.69, 9.17) is 18.5 Å². The number of phosphoric ester groups is 3. The van der Waals surface area contributed by atoms with Crippen LogP contribution in [-0.4, -0.2) is 108 Å². The first-order chi connectivity index (χ1) is 32.8. The van der Waals surface area contributed by atoms with E-state index in [1.165, 1.54) is 83.5 Å². The molecule has 19 nitrogen and oxygen atoms in total. The molecule has 69 heavy (non-hydrogen) atoms. The number of hydrogen-bond acceptors (Lipinski definition) is 14. The van der Waals surface area contributed by atoms with Crippen LogP contribution >= 0.6 is 23.5 Å². The van der Waals surface area contributed by atoms with Crippen molar-refractivity contribution in [1.29, 1.82) is 0 Å². The SMILES string of the molecule is CCCCC/C=C\C/C=C\C/C=C\C/C=C\CCCC(=O)O[C@H](COC(=O)CCCCCCCCCCCCCCCCC)COP(=O)(O)OC1[C@H](O)[C@H](OP(=O)(O)O)C(O)[C@H](OP(=O)(O)O)[C@H]1O. The number of allylic oxidation sites excluding steroid dienone is 8. The fourth-order valence-corrected chi connectivity index (χ4v) is 9.51. The van der Waals surface area contributed by atoms with Gasteiger partial charge < -0.3 is 49.3 Å². The van der Waals surface area contributed by atoms with Gasteiger partial charge in [0.05, 0.1) is 6.61 Å². The highest BCUT2D eigenvalue weighted by atomic mass is 31.2. The Morgan fingerprint density at radius 1 is 0.464 bits per heavy atom. The van der Waals surface area contributed by atoms with E-state index in [2.05, 4.69) is 53.3 Å². The van der Waals surface area contributed by atoms with Crippen LogP contribution in [-0.2, 0) is 50.9 Å². The fraction of sp³-hybridized carbons (Fsp3) is 0.787. The smallest absolute Gasteiger partial charge is 0.462 e. The van der Waals surface area contributed by atoms with E-state index in [9.17, 15) is 63.1 Å². The lowest BCUT2D eigenvalue weighted by Crippen LogP contribution is -2.65. The Morgan fingerprint density at radius 3 is 1.26 bits per heavy atom. The van der Waals surface area contributed by atoms with Crippen LogP contribution in [0.15, 0.2) is 48.6 Å². The average molecular weight is 1050 g/mol. The van der Waals surface area contributed by atoms with Crippen molar-refractivity contribution in [2.75, 3.05) is 13.2 Å². The van der Waals surface area contributed by atoms with Crippen LogP contribution in [0.3, 0.4) is 0 Å². The number of ether oxygens (including phenoxy) is 2. The van der Waals surface area contributed by atoms with Crippen molar-refractivity contribution in [2.24, 2.45) is 0 Å². The Morgan fingerprint density at radius 2 is 0.826 bits per heavy atom. The van der Waals surface area contributed by atoms with E-state index >= 15 is 0 Å². The largest absolute Gasteiger partial charge is 0.472 e. The highest BCUT2D eigenvalue weighted by molar-refractivity contribution is 7.47. The molecular formula is C47H85O19P3. The number of aliphatic hydroxyl groups is 3. The Balaban J connectivity index is 2.77. The second-order valence-electron chi connectivity index (χ2n) is 17.4. The summed E-state index contributed by atoms with van der Waals surface area (Å²) in [5, 5.41) is 31.9. The molecule has 0 aromatic carbocycles. The second kappa shape index (κ2) is 38.7. The van der Waals surface area contributed by atoms with Crippen molar-refractivity contribution in [3.63, 3.8) is 0 Å². The minimum Gasteiger partial charge on any atom is -0.462 e. The minimum absolute atomic E-state index is 0.0649. The summed E-state index contributed by atoms with van der Waals surface area (Å²) in [5.41, 5.74) is 0. The summed E-state index contributed by atoms with van der Waals surface area (Å²) < 4.78 is 65.5. The molecule has 3 unspecified atom stereocenters. The van der Waals surface area contributed by atoms with Crippen LogP contribution in [0.5, 0.6) is 0 Å². The lowest BCUT2D eigenvalue weighted by atomic mass is 9.85. The van der Waals surface area contributed by atoms with Gasteiger partial charge in [-0.2, -0.15) is 0 Å². The number of phosphoric acid groups is 3. The molecule has 1 rings (SSSR count). The topological polar surface area (TPSA) is 303 Å². The van der Waals surface area contributed by atoms with E-state index in [-0.39, 0.29) is 12.8 Å². The molecule has 0 aromatic heterocycles. The number of aliphatic hydroxyl groups excluding tert-OH is 3. The first kappa shape index (κ1) is 65.1. The zero-order valence-electron chi connectivity index (χ0n) is 40.9.